The van der Waals surface area contributed by atoms with E-state index < -0.39 is 0 Å². The number of amides is 1. The fraction of sp³-hybridized carbons (Fsp3) is 0.562. The van der Waals surface area contributed by atoms with Crippen molar-refractivity contribution in [3.05, 3.63) is 34.9 Å². The molecular formula is C16H25ClN2O. The highest BCUT2D eigenvalue weighted by molar-refractivity contribution is 6.30. The molecule has 0 fully saturated rings. The summed E-state index contributed by atoms with van der Waals surface area (Å²) < 4.78 is 0. The largest absolute Gasteiger partial charge is 0.350 e. The molecule has 0 bridgehead atoms. The molecule has 1 aromatic carbocycles. The Labute approximate surface area is 126 Å². The summed E-state index contributed by atoms with van der Waals surface area (Å²) >= 11 is 5.86. The van der Waals surface area contributed by atoms with E-state index in [2.05, 4.69) is 19.2 Å². The van der Waals surface area contributed by atoms with E-state index in [1.165, 1.54) is 0 Å². The van der Waals surface area contributed by atoms with Crippen molar-refractivity contribution in [2.45, 2.75) is 39.7 Å². The van der Waals surface area contributed by atoms with E-state index in [0.717, 1.165) is 12.0 Å². The fourth-order valence-corrected chi connectivity index (χ4v) is 2.45. The summed E-state index contributed by atoms with van der Waals surface area (Å²) in [6.45, 7) is 6.83. The summed E-state index contributed by atoms with van der Waals surface area (Å²) in [6, 6.07) is 7.52. The number of hydrogen-bond acceptors (Lipinski definition) is 2. The maximum Gasteiger partial charge on any atom is 0.220 e. The average Bonchev–Trinajstić information content (AvgIpc) is 2.37. The van der Waals surface area contributed by atoms with Crippen molar-refractivity contribution < 1.29 is 4.79 Å². The lowest BCUT2D eigenvalue weighted by Crippen LogP contribution is -2.30. The summed E-state index contributed by atoms with van der Waals surface area (Å²) in [6.07, 6.45) is 1.48. The molecule has 2 atom stereocenters. The summed E-state index contributed by atoms with van der Waals surface area (Å²) in [4.78, 5) is 12.1. The number of benzene rings is 1. The zero-order chi connectivity index (χ0) is 15.1. The number of halogens is 1. The molecule has 1 amide bonds. The van der Waals surface area contributed by atoms with E-state index in [1.54, 1.807) is 0 Å². The first-order valence-electron chi connectivity index (χ1n) is 7.17. The zero-order valence-corrected chi connectivity index (χ0v) is 13.3. The summed E-state index contributed by atoms with van der Waals surface area (Å²) in [5.41, 5.74) is 6.79. The summed E-state index contributed by atoms with van der Waals surface area (Å²) in [5.74, 6) is 0.876. The van der Waals surface area contributed by atoms with Crippen LogP contribution < -0.4 is 11.1 Å². The molecule has 0 saturated heterocycles. The molecule has 4 heteroatoms. The van der Waals surface area contributed by atoms with Crippen LogP contribution >= 0.6 is 11.6 Å². The van der Waals surface area contributed by atoms with E-state index in [0.29, 0.717) is 23.9 Å². The molecule has 0 radical (unpaired) electrons. The van der Waals surface area contributed by atoms with Crippen LogP contribution in [-0.2, 0) is 4.79 Å². The highest BCUT2D eigenvalue weighted by Gasteiger charge is 2.16. The number of carbonyl (C=O) groups is 1. The standard InChI is InChI=1S/C16H25ClN2O/c1-11(2)8-13(10-18)9-16(20)19-12(3)14-4-6-15(17)7-5-14/h4-7,11-13H,8-10,18H2,1-3H3,(H,19,20)/t12-,13+/m1/s1. The summed E-state index contributed by atoms with van der Waals surface area (Å²) in [5, 5.41) is 3.72. The van der Waals surface area contributed by atoms with Crippen molar-refractivity contribution in [1.82, 2.24) is 5.32 Å². The molecular weight excluding hydrogens is 272 g/mol. The first kappa shape index (κ1) is 17.0. The van der Waals surface area contributed by atoms with Gasteiger partial charge in [-0.1, -0.05) is 37.6 Å². The molecule has 0 heterocycles. The molecule has 0 aliphatic heterocycles. The van der Waals surface area contributed by atoms with Gasteiger partial charge in [-0.05, 0) is 49.4 Å². The van der Waals surface area contributed by atoms with Gasteiger partial charge in [0.05, 0.1) is 6.04 Å². The van der Waals surface area contributed by atoms with Crippen LogP contribution in [0.4, 0.5) is 0 Å². The SMILES string of the molecule is CC(C)C[C@H](CN)CC(=O)N[C@H](C)c1ccc(Cl)cc1. The van der Waals surface area contributed by atoms with Crippen molar-refractivity contribution in [2.75, 3.05) is 6.54 Å². The fourth-order valence-electron chi connectivity index (χ4n) is 2.33. The van der Waals surface area contributed by atoms with Crippen LogP contribution in [0.2, 0.25) is 5.02 Å². The second kappa shape index (κ2) is 8.28. The lowest BCUT2D eigenvalue weighted by atomic mass is 9.94. The Balaban J connectivity index is 2.50. The second-order valence-electron chi connectivity index (χ2n) is 5.78. The van der Waals surface area contributed by atoms with Crippen molar-refractivity contribution in [1.29, 1.82) is 0 Å². The van der Waals surface area contributed by atoms with E-state index in [-0.39, 0.29) is 17.9 Å². The van der Waals surface area contributed by atoms with Gasteiger partial charge in [-0.2, -0.15) is 0 Å². The lowest BCUT2D eigenvalue weighted by molar-refractivity contribution is -0.122. The van der Waals surface area contributed by atoms with E-state index >= 15 is 0 Å². The number of carbonyl (C=O) groups excluding carboxylic acids is 1. The van der Waals surface area contributed by atoms with Crippen molar-refractivity contribution in [3.8, 4) is 0 Å². The minimum absolute atomic E-state index is 0.0164. The average molecular weight is 297 g/mol. The predicted octanol–water partition coefficient (Wildman–Crippen LogP) is 3.53. The van der Waals surface area contributed by atoms with Gasteiger partial charge in [-0.25, -0.2) is 0 Å². The van der Waals surface area contributed by atoms with E-state index in [1.807, 2.05) is 31.2 Å². The van der Waals surface area contributed by atoms with Gasteiger partial charge in [-0.15, -0.1) is 0 Å². The zero-order valence-electron chi connectivity index (χ0n) is 12.5. The minimum Gasteiger partial charge on any atom is -0.350 e. The molecule has 3 N–H and O–H groups in total. The number of nitrogens with two attached hydrogens (primary N) is 1. The second-order valence-corrected chi connectivity index (χ2v) is 6.21. The third-order valence-electron chi connectivity index (χ3n) is 3.36. The van der Waals surface area contributed by atoms with E-state index in [9.17, 15) is 4.79 Å². The molecule has 0 aliphatic rings. The van der Waals surface area contributed by atoms with Gasteiger partial charge in [-0.3, -0.25) is 4.79 Å². The molecule has 1 rings (SSSR count). The first-order chi connectivity index (χ1) is 9.42. The summed E-state index contributed by atoms with van der Waals surface area (Å²) in [7, 11) is 0. The Morgan fingerprint density at radius 3 is 2.35 bits per heavy atom. The quantitative estimate of drug-likeness (QED) is 0.809. The van der Waals surface area contributed by atoms with Gasteiger partial charge >= 0.3 is 0 Å². The van der Waals surface area contributed by atoms with Crippen LogP contribution in [0, 0.1) is 11.8 Å². The maximum atomic E-state index is 12.1. The third-order valence-corrected chi connectivity index (χ3v) is 3.61. The molecule has 112 valence electrons. The predicted molar refractivity (Wildman–Crippen MR) is 84.6 cm³/mol. The van der Waals surface area contributed by atoms with Gasteiger partial charge in [0, 0.05) is 11.4 Å². The Morgan fingerprint density at radius 2 is 1.85 bits per heavy atom. The van der Waals surface area contributed by atoms with Crippen LogP contribution in [0.3, 0.4) is 0 Å². The highest BCUT2D eigenvalue weighted by Crippen LogP contribution is 2.18. The highest BCUT2D eigenvalue weighted by atomic mass is 35.5. The van der Waals surface area contributed by atoms with E-state index in [4.69, 9.17) is 17.3 Å². The number of nitrogens with one attached hydrogen (secondary N) is 1. The first-order valence-corrected chi connectivity index (χ1v) is 7.55. The molecule has 3 nitrogen and oxygen atoms in total. The Hall–Kier alpha value is -1.06. The van der Waals surface area contributed by atoms with Gasteiger partial charge in [0.2, 0.25) is 5.91 Å². The lowest BCUT2D eigenvalue weighted by Gasteiger charge is -2.19. The van der Waals surface area contributed by atoms with Crippen molar-refractivity contribution in [3.63, 3.8) is 0 Å². The van der Waals surface area contributed by atoms with Crippen molar-refractivity contribution >= 4 is 17.5 Å². The molecule has 0 aliphatic carbocycles. The third kappa shape index (κ3) is 5.93. The van der Waals surface area contributed by atoms with Gasteiger partial charge in [0.1, 0.15) is 0 Å². The molecule has 0 spiro atoms. The normalized spacial score (nSPS) is 14.1. The smallest absolute Gasteiger partial charge is 0.220 e. The number of rotatable bonds is 7. The number of hydrogen-bond donors (Lipinski definition) is 2. The van der Waals surface area contributed by atoms with Gasteiger partial charge < -0.3 is 11.1 Å². The van der Waals surface area contributed by atoms with Crippen LogP contribution in [-0.4, -0.2) is 12.5 Å². The molecule has 0 saturated carbocycles. The molecule has 20 heavy (non-hydrogen) atoms. The van der Waals surface area contributed by atoms with Gasteiger partial charge in [0.25, 0.3) is 0 Å². The van der Waals surface area contributed by atoms with Crippen LogP contribution in [0.25, 0.3) is 0 Å². The molecule has 1 aromatic rings. The van der Waals surface area contributed by atoms with Crippen LogP contribution in [0.15, 0.2) is 24.3 Å². The Kier molecular flexibility index (Phi) is 7.03. The molecule has 0 aromatic heterocycles. The maximum absolute atomic E-state index is 12.1. The van der Waals surface area contributed by atoms with Crippen molar-refractivity contribution in [2.24, 2.45) is 17.6 Å². The monoisotopic (exact) mass is 296 g/mol. The Bertz CT molecular complexity index is 417. The Morgan fingerprint density at radius 1 is 1.25 bits per heavy atom. The van der Waals surface area contributed by atoms with Crippen LogP contribution in [0.1, 0.15) is 45.2 Å². The topological polar surface area (TPSA) is 55.1 Å². The van der Waals surface area contributed by atoms with Crippen LogP contribution in [0.5, 0.6) is 0 Å². The molecule has 0 unspecified atom stereocenters. The minimum atomic E-state index is -0.0164. The van der Waals surface area contributed by atoms with Gasteiger partial charge in [0.15, 0.2) is 0 Å².